The monoisotopic (exact) mass is 251 g/mol. The van der Waals surface area contributed by atoms with Gasteiger partial charge in [-0.25, -0.2) is 15.8 Å². The van der Waals surface area contributed by atoms with Gasteiger partial charge in [0.15, 0.2) is 0 Å². The number of hydrogen-bond donors (Lipinski definition) is 3. The highest BCUT2D eigenvalue weighted by atomic mass is 15.3. The molecule has 1 heterocycles. The van der Waals surface area contributed by atoms with Crippen molar-refractivity contribution < 1.29 is 0 Å². The van der Waals surface area contributed by atoms with Gasteiger partial charge in [-0.3, -0.25) is 0 Å². The molecule has 1 atom stereocenters. The lowest BCUT2D eigenvalue weighted by Crippen LogP contribution is -2.17. The fraction of sp³-hybridized carbons (Fsp3) is 0.692. The van der Waals surface area contributed by atoms with Crippen LogP contribution < -0.4 is 16.6 Å². The molecule has 1 rings (SSSR count). The summed E-state index contributed by atoms with van der Waals surface area (Å²) in [6.07, 6.45) is 3.05. The standard InChI is InChI=1S/C13H25N5/c1-5-7-11-16-12(15-8-9(3)6-2)10(4)13(17-11)18-14/h9H,5-8,14H2,1-4H3,(H2,15,16,17,18). The van der Waals surface area contributed by atoms with Gasteiger partial charge in [0.05, 0.1) is 0 Å². The van der Waals surface area contributed by atoms with Gasteiger partial charge in [0.2, 0.25) is 0 Å². The average Bonchev–Trinajstić information content (AvgIpc) is 2.38. The molecular weight excluding hydrogens is 226 g/mol. The molecular formula is C13H25N5. The lowest BCUT2D eigenvalue weighted by atomic mass is 10.1. The molecule has 0 amide bonds. The number of nitrogens with two attached hydrogens (primary N) is 1. The van der Waals surface area contributed by atoms with E-state index in [1.165, 1.54) is 0 Å². The maximum absolute atomic E-state index is 5.50. The van der Waals surface area contributed by atoms with Crippen molar-refractivity contribution in [3.63, 3.8) is 0 Å². The Bertz CT molecular complexity index is 378. The highest BCUT2D eigenvalue weighted by molar-refractivity contribution is 5.56. The summed E-state index contributed by atoms with van der Waals surface area (Å²) in [6, 6.07) is 0. The third-order valence-corrected chi connectivity index (χ3v) is 3.12. The van der Waals surface area contributed by atoms with Gasteiger partial charge in [-0.1, -0.05) is 27.2 Å². The Morgan fingerprint density at radius 2 is 1.89 bits per heavy atom. The number of aryl methyl sites for hydroxylation is 1. The zero-order chi connectivity index (χ0) is 13.5. The minimum absolute atomic E-state index is 0.628. The van der Waals surface area contributed by atoms with E-state index in [-0.39, 0.29) is 0 Å². The Morgan fingerprint density at radius 1 is 1.22 bits per heavy atom. The first-order chi connectivity index (χ1) is 8.62. The summed E-state index contributed by atoms with van der Waals surface area (Å²) in [6.45, 7) is 9.42. The number of nitrogen functional groups attached to an aromatic ring is 1. The molecule has 0 fully saturated rings. The first kappa shape index (κ1) is 14.7. The quantitative estimate of drug-likeness (QED) is 0.513. The molecule has 1 aromatic rings. The van der Waals surface area contributed by atoms with E-state index in [0.717, 1.165) is 43.0 Å². The summed E-state index contributed by atoms with van der Waals surface area (Å²) in [5.41, 5.74) is 3.62. The number of rotatable bonds is 7. The van der Waals surface area contributed by atoms with Gasteiger partial charge in [-0.2, -0.15) is 0 Å². The van der Waals surface area contributed by atoms with Crippen molar-refractivity contribution >= 4 is 11.6 Å². The molecule has 102 valence electrons. The molecule has 18 heavy (non-hydrogen) atoms. The van der Waals surface area contributed by atoms with E-state index in [9.17, 15) is 0 Å². The Morgan fingerprint density at radius 3 is 2.44 bits per heavy atom. The van der Waals surface area contributed by atoms with Crippen molar-refractivity contribution in [3.05, 3.63) is 11.4 Å². The molecule has 0 saturated carbocycles. The summed E-state index contributed by atoms with van der Waals surface area (Å²) in [5, 5.41) is 3.39. The molecule has 0 aliphatic heterocycles. The second-order valence-electron chi connectivity index (χ2n) is 4.75. The summed E-state index contributed by atoms with van der Waals surface area (Å²) in [5.74, 6) is 8.56. The molecule has 0 saturated heterocycles. The van der Waals surface area contributed by atoms with Crippen LogP contribution in [0.5, 0.6) is 0 Å². The highest BCUT2D eigenvalue weighted by Crippen LogP contribution is 2.20. The van der Waals surface area contributed by atoms with Crippen LogP contribution in [0, 0.1) is 12.8 Å². The minimum Gasteiger partial charge on any atom is -0.369 e. The predicted octanol–water partition coefficient (Wildman–Crippen LogP) is 2.48. The Hall–Kier alpha value is -1.36. The number of aromatic nitrogens is 2. The largest absolute Gasteiger partial charge is 0.369 e. The van der Waals surface area contributed by atoms with Crippen molar-refractivity contribution in [1.82, 2.24) is 9.97 Å². The first-order valence-electron chi connectivity index (χ1n) is 6.70. The third kappa shape index (κ3) is 3.84. The number of anilines is 2. The molecule has 1 aromatic heterocycles. The normalized spacial score (nSPS) is 12.3. The van der Waals surface area contributed by atoms with Crippen LogP contribution in [0.1, 0.15) is 45.0 Å². The van der Waals surface area contributed by atoms with E-state index >= 15 is 0 Å². The van der Waals surface area contributed by atoms with Crippen LogP contribution >= 0.6 is 0 Å². The Kier molecular flexibility index (Phi) is 5.85. The predicted molar refractivity (Wildman–Crippen MR) is 76.5 cm³/mol. The minimum atomic E-state index is 0.628. The van der Waals surface area contributed by atoms with Gasteiger partial charge >= 0.3 is 0 Å². The Balaban J connectivity index is 2.90. The zero-order valence-electron chi connectivity index (χ0n) is 11.9. The van der Waals surface area contributed by atoms with Crippen LogP contribution in [-0.2, 0) is 6.42 Å². The fourth-order valence-corrected chi connectivity index (χ4v) is 1.63. The second-order valence-corrected chi connectivity index (χ2v) is 4.75. The molecule has 0 aliphatic rings. The van der Waals surface area contributed by atoms with Crippen molar-refractivity contribution in [2.24, 2.45) is 11.8 Å². The SMILES string of the molecule is CCCc1nc(NN)c(C)c(NCC(C)CC)n1. The van der Waals surface area contributed by atoms with Crippen LogP contribution in [0.25, 0.3) is 0 Å². The number of nitrogens with zero attached hydrogens (tertiary/aromatic N) is 2. The van der Waals surface area contributed by atoms with Gasteiger partial charge in [0.1, 0.15) is 17.5 Å². The van der Waals surface area contributed by atoms with E-state index in [1.807, 2.05) is 6.92 Å². The maximum atomic E-state index is 5.50. The summed E-state index contributed by atoms with van der Waals surface area (Å²) < 4.78 is 0. The van der Waals surface area contributed by atoms with Crippen LogP contribution in [0.4, 0.5) is 11.6 Å². The first-order valence-corrected chi connectivity index (χ1v) is 6.70. The number of nitrogens with one attached hydrogen (secondary N) is 2. The van der Waals surface area contributed by atoms with Gasteiger partial charge < -0.3 is 10.7 Å². The highest BCUT2D eigenvalue weighted by Gasteiger charge is 2.10. The van der Waals surface area contributed by atoms with Crippen molar-refractivity contribution in [2.75, 3.05) is 17.3 Å². The fourth-order valence-electron chi connectivity index (χ4n) is 1.63. The summed E-state index contributed by atoms with van der Waals surface area (Å²) >= 11 is 0. The third-order valence-electron chi connectivity index (χ3n) is 3.12. The lowest BCUT2D eigenvalue weighted by Gasteiger charge is -2.15. The zero-order valence-corrected chi connectivity index (χ0v) is 11.9. The van der Waals surface area contributed by atoms with Crippen LogP contribution in [0.15, 0.2) is 0 Å². The second kappa shape index (κ2) is 7.16. The van der Waals surface area contributed by atoms with Crippen molar-refractivity contribution in [2.45, 2.75) is 47.0 Å². The Labute approximate surface area is 110 Å². The molecule has 0 radical (unpaired) electrons. The van der Waals surface area contributed by atoms with Crippen molar-refractivity contribution in [3.8, 4) is 0 Å². The van der Waals surface area contributed by atoms with Gasteiger partial charge in [0, 0.05) is 18.5 Å². The number of hydrogen-bond acceptors (Lipinski definition) is 5. The topological polar surface area (TPSA) is 75.9 Å². The average molecular weight is 251 g/mol. The van der Waals surface area contributed by atoms with E-state index in [1.54, 1.807) is 0 Å². The van der Waals surface area contributed by atoms with Crippen molar-refractivity contribution in [1.29, 1.82) is 0 Å². The number of hydrazine groups is 1. The molecule has 0 bridgehead atoms. The van der Waals surface area contributed by atoms with Gasteiger partial charge in [-0.15, -0.1) is 0 Å². The van der Waals surface area contributed by atoms with Crippen LogP contribution in [-0.4, -0.2) is 16.5 Å². The summed E-state index contributed by atoms with van der Waals surface area (Å²) in [7, 11) is 0. The van der Waals surface area contributed by atoms with E-state index in [4.69, 9.17) is 5.84 Å². The molecule has 4 N–H and O–H groups in total. The molecule has 0 aromatic carbocycles. The smallest absolute Gasteiger partial charge is 0.148 e. The molecule has 0 aliphatic carbocycles. The molecule has 5 heteroatoms. The van der Waals surface area contributed by atoms with E-state index < -0.39 is 0 Å². The molecule has 0 spiro atoms. The van der Waals surface area contributed by atoms with Crippen LogP contribution in [0.3, 0.4) is 0 Å². The maximum Gasteiger partial charge on any atom is 0.148 e. The van der Waals surface area contributed by atoms with Crippen LogP contribution in [0.2, 0.25) is 0 Å². The lowest BCUT2D eigenvalue weighted by molar-refractivity contribution is 0.592. The van der Waals surface area contributed by atoms with E-state index in [0.29, 0.717) is 11.7 Å². The molecule has 1 unspecified atom stereocenters. The van der Waals surface area contributed by atoms with E-state index in [2.05, 4.69) is 41.5 Å². The summed E-state index contributed by atoms with van der Waals surface area (Å²) in [4.78, 5) is 8.96. The van der Waals surface area contributed by atoms with Gasteiger partial charge in [-0.05, 0) is 19.3 Å². The molecule has 5 nitrogen and oxygen atoms in total. The van der Waals surface area contributed by atoms with Gasteiger partial charge in [0.25, 0.3) is 0 Å².